The van der Waals surface area contributed by atoms with E-state index in [0.29, 0.717) is 23.4 Å². The molecule has 3 rings (SSSR count). The number of carbonyl (C=O) groups is 1. The molecule has 0 fully saturated rings. The van der Waals surface area contributed by atoms with Crippen LogP contribution in [0.4, 0.5) is 4.39 Å². The van der Waals surface area contributed by atoms with E-state index in [9.17, 15) is 9.70 Å². The van der Waals surface area contributed by atoms with Crippen LogP contribution >= 0.6 is 0 Å². The molecule has 5 nitrogen and oxygen atoms in total. The number of halogens is 1. The molecule has 0 unspecified atom stereocenters. The van der Waals surface area contributed by atoms with E-state index in [0.717, 1.165) is 59.9 Å². The number of nitroso groups, excluding NO2 is 1. The van der Waals surface area contributed by atoms with Crippen LogP contribution in [0, 0.1) is 10.7 Å². The Labute approximate surface area is 218 Å². The predicted octanol–water partition coefficient (Wildman–Crippen LogP) is 7.04. The molecule has 0 bridgehead atoms. The smallest absolute Gasteiger partial charge is 0.333 e. The lowest BCUT2D eigenvalue weighted by Gasteiger charge is -2.13. The summed E-state index contributed by atoms with van der Waals surface area (Å²) < 4.78 is 25.7. The normalized spacial score (nSPS) is 10.7. The lowest BCUT2D eigenvalue weighted by molar-refractivity contribution is -0.139. The number of nitrogens with zero attached hydrogens (tertiary/aromatic N) is 1. The summed E-state index contributed by atoms with van der Waals surface area (Å²) in [5, 5.41) is 2.92. The van der Waals surface area contributed by atoms with Crippen molar-refractivity contribution < 1.29 is 18.7 Å². The molecule has 3 aromatic rings. The monoisotopic (exact) mass is 503 g/mol. The van der Waals surface area contributed by atoms with Crippen LogP contribution in [0.15, 0.2) is 78.0 Å². The van der Waals surface area contributed by atoms with Gasteiger partial charge in [0.05, 0.1) is 6.54 Å². The third kappa shape index (κ3) is 8.38. The highest BCUT2D eigenvalue weighted by Gasteiger charge is 2.11. The van der Waals surface area contributed by atoms with Crippen LogP contribution < -0.4 is 4.74 Å². The Bertz CT molecular complexity index is 1220. The van der Waals surface area contributed by atoms with Gasteiger partial charge in [-0.3, -0.25) is 0 Å². The summed E-state index contributed by atoms with van der Waals surface area (Å²) in [5.41, 5.74) is 6.19. The van der Waals surface area contributed by atoms with E-state index >= 15 is 4.39 Å². The number of benzene rings is 3. The maximum absolute atomic E-state index is 15.1. The second-order valence-corrected chi connectivity index (χ2v) is 9.02. The molecule has 0 spiro atoms. The van der Waals surface area contributed by atoms with Crippen molar-refractivity contribution in [2.75, 3.05) is 19.8 Å². The Morgan fingerprint density at radius 3 is 2.19 bits per heavy atom. The molecule has 0 N–H and O–H groups in total. The van der Waals surface area contributed by atoms with Crippen LogP contribution in [-0.4, -0.2) is 25.7 Å². The summed E-state index contributed by atoms with van der Waals surface area (Å²) >= 11 is 0. The maximum Gasteiger partial charge on any atom is 0.333 e. The zero-order valence-corrected chi connectivity index (χ0v) is 21.6. The van der Waals surface area contributed by atoms with Gasteiger partial charge in [-0.05, 0) is 85.0 Å². The molecule has 0 amide bonds. The minimum absolute atomic E-state index is 0.165. The summed E-state index contributed by atoms with van der Waals surface area (Å²) in [5.74, 6) is 0.0531. The molecular weight excluding hydrogens is 469 g/mol. The third-order valence-electron chi connectivity index (χ3n) is 6.15. The molecule has 194 valence electrons. The van der Waals surface area contributed by atoms with Gasteiger partial charge in [0, 0.05) is 11.1 Å². The zero-order valence-electron chi connectivity index (χ0n) is 21.6. The summed E-state index contributed by atoms with van der Waals surface area (Å²) in [6, 6.07) is 19.3. The van der Waals surface area contributed by atoms with E-state index < -0.39 is 5.97 Å². The van der Waals surface area contributed by atoms with Gasteiger partial charge in [0.15, 0.2) is 0 Å². The fourth-order valence-corrected chi connectivity index (χ4v) is 4.10. The zero-order chi connectivity index (χ0) is 26.6. The SMILES string of the molecule is C=C(C)C(=O)OCCOc1ccc(CCc2ccc(-c3ccc(CCCN=O)cc3CC)c(F)c2)cc1. The molecule has 0 aliphatic heterocycles. The largest absolute Gasteiger partial charge is 0.490 e. The summed E-state index contributed by atoms with van der Waals surface area (Å²) in [7, 11) is 0. The van der Waals surface area contributed by atoms with E-state index in [1.54, 1.807) is 13.0 Å². The molecule has 0 atom stereocenters. The number of hydrogen-bond donors (Lipinski definition) is 0. The molecule has 0 aliphatic carbocycles. The molecule has 6 heteroatoms. The first-order chi connectivity index (χ1) is 17.9. The third-order valence-corrected chi connectivity index (χ3v) is 6.15. The van der Waals surface area contributed by atoms with E-state index in [2.05, 4.69) is 24.7 Å². The minimum Gasteiger partial charge on any atom is -0.490 e. The maximum atomic E-state index is 15.1. The second kappa shape index (κ2) is 14.1. The van der Waals surface area contributed by atoms with Gasteiger partial charge in [-0.1, -0.05) is 61.1 Å². The van der Waals surface area contributed by atoms with Crippen LogP contribution in [0.3, 0.4) is 0 Å². The number of hydrogen-bond acceptors (Lipinski definition) is 5. The number of esters is 1. The van der Waals surface area contributed by atoms with Crippen LogP contribution in [0.1, 0.15) is 42.5 Å². The average Bonchev–Trinajstić information content (AvgIpc) is 2.90. The Hall–Kier alpha value is -3.80. The summed E-state index contributed by atoms with van der Waals surface area (Å²) in [4.78, 5) is 21.7. The first kappa shape index (κ1) is 27.8. The second-order valence-electron chi connectivity index (χ2n) is 9.02. The first-order valence-corrected chi connectivity index (χ1v) is 12.6. The van der Waals surface area contributed by atoms with Gasteiger partial charge in [0.2, 0.25) is 0 Å². The lowest BCUT2D eigenvalue weighted by Crippen LogP contribution is -2.12. The average molecular weight is 504 g/mol. The van der Waals surface area contributed by atoms with Crippen molar-refractivity contribution >= 4 is 5.97 Å². The summed E-state index contributed by atoms with van der Waals surface area (Å²) in [6.07, 6.45) is 3.81. The quantitative estimate of drug-likeness (QED) is 0.102. The van der Waals surface area contributed by atoms with Gasteiger partial charge in [-0.25, -0.2) is 9.18 Å². The first-order valence-electron chi connectivity index (χ1n) is 12.6. The Balaban J connectivity index is 1.55. The fourth-order valence-electron chi connectivity index (χ4n) is 4.10. The summed E-state index contributed by atoms with van der Waals surface area (Å²) in [6.45, 7) is 7.95. The van der Waals surface area contributed by atoms with Crippen LogP contribution in [-0.2, 0) is 35.2 Å². The van der Waals surface area contributed by atoms with Gasteiger partial charge in [0.25, 0.3) is 0 Å². The molecule has 0 saturated heterocycles. The van der Waals surface area contributed by atoms with E-state index in [-0.39, 0.29) is 19.0 Å². The van der Waals surface area contributed by atoms with E-state index in [1.165, 1.54) is 0 Å². The van der Waals surface area contributed by atoms with Gasteiger partial charge in [-0.2, -0.15) is 4.91 Å². The van der Waals surface area contributed by atoms with Crippen LogP contribution in [0.2, 0.25) is 0 Å². The van der Waals surface area contributed by atoms with Crippen molar-refractivity contribution in [1.82, 2.24) is 0 Å². The molecule has 3 aromatic carbocycles. The molecule has 0 saturated carbocycles. The topological polar surface area (TPSA) is 65.0 Å². The molecule has 0 radical (unpaired) electrons. The highest BCUT2D eigenvalue weighted by atomic mass is 19.1. The van der Waals surface area contributed by atoms with Crippen LogP contribution in [0.25, 0.3) is 11.1 Å². The highest BCUT2D eigenvalue weighted by molar-refractivity contribution is 5.86. The minimum atomic E-state index is -0.424. The Kier molecular flexibility index (Phi) is 10.6. The molecule has 0 heterocycles. The fraction of sp³-hybridized carbons (Fsp3) is 0.323. The standard InChI is InChI=1S/C31H34FNO4/c1-4-26-20-24(6-5-17-33-35)11-15-28(26)29-16-12-25(21-30(29)32)8-7-23-9-13-27(14-10-23)36-18-19-37-31(34)22(2)3/h9-16,20-21H,2,4-8,17-19H2,1,3H3. The predicted molar refractivity (Wildman–Crippen MR) is 145 cm³/mol. The molecule has 0 aliphatic rings. The highest BCUT2D eigenvalue weighted by Crippen LogP contribution is 2.29. The Morgan fingerprint density at radius 1 is 0.892 bits per heavy atom. The number of aryl methyl sites for hydroxylation is 4. The van der Waals surface area contributed by atoms with Gasteiger partial charge < -0.3 is 9.47 Å². The van der Waals surface area contributed by atoms with Crippen molar-refractivity contribution in [1.29, 1.82) is 0 Å². The molecule has 37 heavy (non-hydrogen) atoms. The van der Waals surface area contributed by atoms with E-state index in [4.69, 9.17) is 9.47 Å². The van der Waals surface area contributed by atoms with E-state index in [1.807, 2.05) is 48.5 Å². The van der Waals surface area contributed by atoms with Crippen molar-refractivity contribution in [3.05, 3.63) is 106 Å². The van der Waals surface area contributed by atoms with Crippen molar-refractivity contribution in [2.24, 2.45) is 5.18 Å². The Morgan fingerprint density at radius 2 is 1.54 bits per heavy atom. The van der Waals surface area contributed by atoms with Gasteiger partial charge in [-0.15, -0.1) is 0 Å². The molecular formula is C31H34FNO4. The van der Waals surface area contributed by atoms with Crippen LogP contribution in [0.5, 0.6) is 5.75 Å². The number of carbonyl (C=O) groups excluding carboxylic acids is 1. The molecule has 0 aromatic heterocycles. The van der Waals surface area contributed by atoms with Gasteiger partial charge in [0.1, 0.15) is 24.8 Å². The van der Waals surface area contributed by atoms with Crippen molar-refractivity contribution in [2.45, 2.75) is 46.0 Å². The lowest BCUT2D eigenvalue weighted by atomic mass is 9.93. The van der Waals surface area contributed by atoms with Crippen molar-refractivity contribution in [3.63, 3.8) is 0 Å². The number of ether oxygens (including phenoxy) is 2. The van der Waals surface area contributed by atoms with Gasteiger partial charge >= 0.3 is 5.97 Å². The van der Waals surface area contributed by atoms with Crippen molar-refractivity contribution in [3.8, 4) is 16.9 Å². The number of rotatable bonds is 14.